The van der Waals surface area contributed by atoms with E-state index in [-0.39, 0.29) is 0 Å². The van der Waals surface area contributed by atoms with Crippen LogP contribution in [-0.2, 0) is 0 Å². The predicted octanol–water partition coefficient (Wildman–Crippen LogP) is 4.77. The Balaban J connectivity index is 2.24. The summed E-state index contributed by atoms with van der Waals surface area (Å²) in [5, 5.41) is 0.921. The Morgan fingerprint density at radius 3 is 2.37 bits per heavy atom. The lowest BCUT2D eigenvalue weighted by Gasteiger charge is -2.10. The number of hydrogen-bond acceptors (Lipinski definition) is 3. The molecule has 0 amide bonds. The summed E-state index contributed by atoms with van der Waals surface area (Å²) >= 11 is 11.8. The molecule has 19 heavy (non-hydrogen) atoms. The molecule has 0 radical (unpaired) electrons. The molecule has 0 heterocycles. The maximum absolute atomic E-state index is 5.93. The van der Waals surface area contributed by atoms with Gasteiger partial charge in [-0.1, -0.05) is 23.2 Å². The summed E-state index contributed by atoms with van der Waals surface area (Å²) in [6, 6.07) is 10.3. The topological polar surface area (TPSA) is 44.5 Å². The fraction of sp³-hybridized carbons (Fsp3) is 0.143. The Hall–Kier alpha value is -1.58. The molecule has 0 saturated carbocycles. The van der Waals surface area contributed by atoms with Crippen LogP contribution in [0.1, 0.15) is 6.92 Å². The number of anilines is 1. The third kappa shape index (κ3) is 3.69. The minimum atomic E-state index is 0.438. The van der Waals surface area contributed by atoms with Crippen molar-refractivity contribution in [3.8, 4) is 17.2 Å². The fourth-order valence-corrected chi connectivity index (χ4v) is 1.87. The Labute approximate surface area is 121 Å². The fourth-order valence-electron chi connectivity index (χ4n) is 1.58. The molecular formula is C14H13Cl2NO2. The van der Waals surface area contributed by atoms with Gasteiger partial charge in [0.25, 0.3) is 0 Å². The van der Waals surface area contributed by atoms with Gasteiger partial charge in [0.2, 0.25) is 0 Å². The summed E-state index contributed by atoms with van der Waals surface area (Å²) < 4.78 is 11.1. The summed E-state index contributed by atoms with van der Waals surface area (Å²) in [5.74, 6) is 1.84. The number of halogens is 2. The van der Waals surface area contributed by atoms with Gasteiger partial charge in [-0.2, -0.15) is 0 Å². The van der Waals surface area contributed by atoms with Crippen LogP contribution in [0.4, 0.5) is 5.69 Å². The molecule has 0 atom stereocenters. The molecule has 2 N–H and O–H groups in total. The van der Waals surface area contributed by atoms with E-state index in [1.807, 2.05) is 6.92 Å². The SMILES string of the molecule is CCOc1cc(N)cc(Oc2ccc(Cl)c(Cl)c2)c1. The minimum absolute atomic E-state index is 0.438. The van der Waals surface area contributed by atoms with E-state index in [9.17, 15) is 0 Å². The molecule has 0 aliphatic carbocycles. The van der Waals surface area contributed by atoms with Crippen LogP contribution < -0.4 is 15.2 Å². The summed E-state index contributed by atoms with van der Waals surface area (Å²) in [6.07, 6.45) is 0. The second-order valence-corrected chi connectivity index (χ2v) is 4.66. The first-order chi connectivity index (χ1) is 9.08. The van der Waals surface area contributed by atoms with E-state index in [0.717, 1.165) is 0 Å². The van der Waals surface area contributed by atoms with Gasteiger partial charge < -0.3 is 15.2 Å². The van der Waals surface area contributed by atoms with Crippen LogP contribution in [0.15, 0.2) is 36.4 Å². The smallest absolute Gasteiger partial charge is 0.133 e. The van der Waals surface area contributed by atoms with E-state index in [0.29, 0.717) is 39.6 Å². The van der Waals surface area contributed by atoms with Crippen LogP contribution in [-0.4, -0.2) is 6.61 Å². The van der Waals surface area contributed by atoms with Gasteiger partial charge >= 0.3 is 0 Å². The van der Waals surface area contributed by atoms with Crippen LogP contribution in [0, 0.1) is 0 Å². The van der Waals surface area contributed by atoms with E-state index >= 15 is 0 Å². The van der Waals surface area contributed by atoms with E-state index in [4.69, 9.17) is 38.4 Å². The molecule has 0 fully saturated rings. The summed E-state index contributed by atoms with van der Waals surface area (Å²) in [7, 11) is 0. The van der Waals surface area contributed by atoms with E-state index in [1.165, 1.54) is 0 Å². The Morgan fingerprint density at radius 2 is 1.68 bits per heavy atom. The van der Waals surface area contributed by atoms with Gasteiger partial charge in [-0.25, -0.2) is 0 Å². The summed E-state index contributed by atoms with van der Waals surface area (Å²) in [6.45, 7) is 2.47. The highest BCUT2D eigenvalue weighted by atomic mass is 35.5. The van der Waals surface area contributed by atoms with Crippen LogP contribution in [0.3, 0.4) is 0 Å². The second-order valence-electron chi connectivity index (χ2n) is 3.85. The van der Waals surface area contributed by atoms with Gasteiger partial charge in [0, 0.05) is 30.0 Å². The molecule has 2 aromatic rings. The largest absolute Gasteiger partial charge is 0.494 e. The summed E-state index contributed by atoms with van der Waals surface area (Å²) in [5.41, 5.74) is 6.36. The Bertz CT molecular complexity index is 588. The monoisotopic (exact) mass is 297 g/mol. The molecule has 0 aromatic heterocycles. The Morgan fingerprint density at radius 1 is 0.947 bits per heavy atom. The maximum Gasteiger partial charge on any atom is 0.133 e. The summed E-state index contributed by atoms with van der Waals surface area (Å²) in [4.78, 5) is 0. The predicted molar refractivity (Wildman–Crippen MR) is 78.6 cm³/mol. The van der Waals surface area contributed by atoms with Crippen molar-refractivity contribution in [2.45, 2.75) is 6.92 Å². The normalized spacial score (nSPS) is 10.3. The number of rotatable bonds is 4. The van der Waals surface area contributed by atoms with E-state index in [1.54, 1.807) is 36.4 Å². The molecule has 0 saturated heterocycles. The van der Waals surface area contributed by atoms with Crippen LogP contribution in [0.2, 0.25) is 10.0 Å². The van der Waals surface area contributed by atoms with Gasteiger partial charge in [0.05, 0.1) is 16.7 Å². The van der Waals surface area contributed by atoms with Gasteiger partial charge in [0.15, 0.2) is 0 Å². The quantitative estimate of drug-likeness (QED) is 0.827. The number of benzene rings is 2. The Kier molecular flexibility index (Phi) is 4.40. The first kappa shape index (κ1) is 13.8. The van der Waals surface area contributed by atoms with Crippen molar-refractivity contribution in [2.24, 2.45) is 0 Å². The molecule has 0 unspecified atom stereocenters. The molecule has 0 bridgehead atoms. The molecule has 5 heteroatoms. The van der Waals surface area contributed by atoms with E-state index < -0.39 is 0 Å². The van der Waals surface area contributed by atoms with Crippen molar-refractivity contribution in [2.75, 3.05) is 12.3 Å². The number of nitrogens with two attached hydrogens (primary N) is 1. The highest BCUT2D eigenvalue weighted by Crippen LogP contribution is 2.32. The first-order valence-electron chi connectivity index (χ1n) is 5.74. The standard InChI is InChI=1S/C14H13Cl2NO2/c1-2-18-11-5-9(17)6-12(7-11)19-10-3-4-13(15)14(16)8-10/h3-8H,2,17H2,1H3. The molecule has 3 nitrogen and oxygen atoms in total. The lowest BCUT2D eigenvalue weighted by molar-refractivity contribution is 0.338. The van der Waals surface area contributed by atoms with Crippen molar-refractivity contribution in [1.82, 2.24) is 0 Å². The average molecular weight is 298 g/mol. The molecule has 0 aliphatic rings. The van der Waals surface area contributed by atoms with Gasteiger partial charge in [-0.3, -0.25) is 0 Å². The number of nitrogen functional groups attached to an aromatic ring is 1. The zero-order valence-electron chi connectivity index (χ0n) is 10.3. The molecular weight excluding hydrogens is 285 g/mol. The second kappa shape index (κ2) is 6.04. The first-order valence-corrected chi connectivity index (χ1v) is 6.50. The lowest BCUT2D eigenvalue weighted by Crippen LogP contribution is -1.94. The van der Waals surface area contributed by atoms with Gasteiger partial charge in [0.1, 0.15) is 17.2 Å². The van der Waals surface area contributed by atoms with Crippen LogP contribution in [0.5, 0.6) is 17.2 Å². The van der Waals surface area contributed by atoms with Gasteiger partial charge in [-0.15, -0.1) is 0 Å². The highest BCUT2D eigenvalue weighted by Gasteiger charge is 2.04. The highest BCUT2D eigenvalue weighted by molar-refractivity contribution is 6.42. The zero-order chi connectivity index (χ0) is 13.8. The molecule has 0 aliphatic heterocycles. The van der Waals surface area contributed by atoms with Crippen molar-refractivity contribution < 1.29 is 9.47 Å². The molecule has 100 valence electrons. The van der Waals surface area contributed by atoms with Crippen LogP contribution >= 0.6 is 23.2 Å². The third-order valence-electron chi connectivity index (χ3n) is 2.34. The minimum Gasteiger partial charge on any atom is -0.494 e. The van der Waals surface area contributed by atoms with Crippen molar-refractivity contribution in [3.05, 3.63) is 46.4 Å². The average Bonchev–Trinajstić information content (AvgIpc) is 2.33. The van der Waals surface area contributed by atoms with E-state index in [2.05, 4.69) is 0 Å². The maximum atomic E-state index is 5.93. The number of ether oxygens (including phenoxy) is 2. The zero-order valence-corrected chi connectivity index (χ0v) is 11.8. The lowest BCUT2D eigenvalue weighted by atomic mass is 10.3. The van der Waals surface area contributed by atoms with Crippen LogP contribution in [0.25, 0.3) is 0 Å². The third-order valence-corrected chi connectivity index (χ3v) is 3.08. The van der Waals surface area contributed by atoms with Crippen molar-refractivity contribution >= 4 is 28.9 Å². The van der Waals surface area contributed by atoms with Crippen molar-refractivity contribution in [3.63, 3.8) is 0 Å². The van der Waals surface area contributed by atoms with Crippen molar-refractivity contribution in [1.29, 1.82) is 0 Å². The molecule has 2 aromatic carbocycles. The molecule has 2 rings (SSSR count). The number of hydrogen-bond donors (Lipinski definition) is 1. The van der Waals surface area contributed by atoms with Gasteiger partial charge in [-0.05, 0) is 19.1 Å². The molecule has 0 spiro atoms.